The Morgan fingerprint density at radius 2 is 0.481 bits per heavy atom. The van der Waals surface area contributed by atoms with Crippen molar-refractivity contribution in [2.75, 3.05) is 13.2 Å². The van der Waals surface area contributed by atoms with Gasteiger partial charge in [0.15, 0.2) is 6.10 Å². The molecule has 0 aromatic carbocycles. The molecule has 0 rings (SSSR count). The molecule has 0 aliphatic carbocycles. The maximum atomic E-state index is 12.9. The minimum Gasteiger partial charge on any atom is -0.462 e. The first-order valence-corrected chi connectivity index (χ1v) is 34.0. The van der Waals surface area contributed by atoms with Crippen molar-refractivity contribution in [3.05, 3.63) is 122 Å². The molecule has 0 aliphatic rings. The van der Waals surface area contributed by atoms with E-state index in [1.807, 2.05) is 0 Å². The molecule has 0 aromatic rings. The minimum atomic E-state index is -0.790. The van der Waals surface area contributed by atoms with E-state index in [2.05, 4.69) is 142 Å². The van der Waals surface area contributed by atoms with Crippen LogP contribution in [0, 0.1) is 0 Å². The first kappa shape index (κ1) is 76.8. The molecule has 0 bridgehead atoms. The quantitative estimate of drug-likeness (QED) is 0.0261. The second-order valence-corrected chi connectivity index (χ2v) is 22.4. The fourth-order valence-electron chi connectivity index (χ4n) is 9.37. The zero-order valence-corrected chi connectivity index (χ0v) is 53.0. The molecule has 0 fully saturated rings. The fourth-order valence-corrected chi connectivity index (χ4v) is 9.37. The summed E-state index contributed by atoms with van der Waals surface area (Å²) in [6.07, 6.45) is 95.0. The number of unbranched alkanes of at least 4 members (excludes halogenated alkanes) is 30. The van der Waals surface area contributed by atoms with Crippen LogP contribution in [0.5, 0.6) is 0 Å². The SMILES string of the molecule is CC/C=C\C/C=C\C/C=C\C/C=C\C/C=C\C/C=C\C/C=C\C/C=C\C/C=C\CCCCCCCC(=O)OCC(COC(=O)CCCCCCCCCCCCCC)OC(=O)CCCCCCCCC/C=C\CCCCCCCCC. The topological polar surface area (TPSA) is 78.9 Å². The molecule has 1 atom stereocenters. The van der Waals surface area contributed by atoms with E-state index in [1.165, 1.54) is 141 Å². The summed E-state index contributed by atoms with van der Waals surface area (Å²) in [6, 6.07) is 0. The Morgan fingerprint density at radius 1 is 0.259 bits per heavy atom. The van der Waals surface area contributed by atoms with Crippen LogP contribution in [0.15, 0.2) is 122 Å². The lowest BCUT2D eigenvalue weighted by atomic mass is 10.0. The summed E-state index contributed by atoms with van der Waals surface area (Å²) in [6.45, 7) is 6.52. The zero-order chi connectivity index (χ0) is 58.5. The van der Waals surface area contributed by atoms with Crippen LogP contribution in [-0.2, 0) is 28.6 Å². The first-order chi connectivity index (χ1) is 40.0. The molecule has 1 unspecified atom stereocenters. The van der Waals surface area contributed by atoms with Crippen LogP contribution >= 0.6 is 0 Å². The molecule has 0 aromatic heterocycles. The van der Waals surface area contributed by atoms with Crippen molar-refractivity contribution < 1.29 is 28.6 Å². The van der Waals surface area contributed by atoms with E-state index in [0.29, 0.717) is 19.3 Å². The number of hydrogen-bond donors (Lipinski definition) is 0. The Morgan fingerprint density at radius 3 is 0.765 bits per heavy atom. The Kier molecular flexibility index (Phi) is 64.8. The Labute approximate surface area is 501 Å². The molecule has 6 heteroatoms. The van der Waals surface area contributed by atoms with Gasteiger partial charge in [0, 0.05) is 19.3 Å². The average molecular weight is 1120 g/mol. The lowest BCUT2D eigenvalue weighted by molar-refractivity contribution is -0.167. The third-order valence-corrected chi connectivity index (χ3v) is 14.5. The van der Waals surface area contributed by atoms with Gasteiger partial charge in [0.05, 0.1) is 0 Å². The Bertz CT molecular complexity index is 1670. The van der Waals surface area contributed by atoms with Crippen molar-refractivity contribution in [1.82, 2.24) is 0 Å². The van der Waals surface area contributed by atoms with Crippen molar-refractivity contribution in [2.45, 2.75) is 322 Å². The van der Waals surface area contributed by atoms with Gasteiger partial charge >= 0.3 is 17.9 Å². The van der Waals surface area contributed by atoms with E-state index in [0.717, 1.165) is 135 Å². The average Bonchev–Trinajstić information content (AvgIpc) is 3.47. The number of ether oxygens (including phenoxy) is 3. The Hall–Kier alpha value is -4.19. The highest BCUT2D eigenvalue weighted by molar-refractivity contribution is 5.71. The highest BCUT2D eigenvalue weighted by Gasteiger charge is 2.19. The van der Waals surface area contributed by atoms with Gasteiger partial charge in [-0.1, -0.05) is 303 Å². The molecule has 0 spiro atoms. The van der Waals surface area contributed by atoms with Crippen LogP contribution in [0.25, 0.3) is 0 Å². The summed E-state index contributed by atoms with van der Waals surface area (Å²) in [7, 11) is 0. The van der Waals surface area contributed by atoms with Gasteiger partial charge in [-0.2, -0.15) is 0 Å². The normalized spacial score (nSPS) is 12.9. The largest absolute Gasteiger partial charge is 0.462 e. The van der Waals surface area contributed by atoms with Crippen molar-refractivity contribution in [1.29, 1.82) is 0 Å². The number of rotatable bonds is 61. The summed E-state index contributed by atoms with van der Waals surface area (Å²) in [5.41, 5.74) is 0. The maximum Gasteiger partial charge on any atom is 0.306 e. The van der Waals surface area contributed by atoms with Crippen molar-refractivity contribution in [3.63, 3.8) is 0 Å². The summed E-state index contributed by atoms with van der Waals surface area (Å²) >= 11 is 0. The van der Waals surface area contributed by atoms with E-state index in [9.17, 15) is 14.4 Å². The monoisotopic (exact) mass is 1120 g/mol. The molecule has 462 valence electrons. The van der Waals surface area contributed by atoms with E-state index in [-0.39, 0.29) is 31.1 Å². The molecule has 0 radical (unpaired) electrons. The number of carbonyl (C=O) groups excluding carboxylic acids is 3. The number of hydrogen-bond acceptors (Lipinski definition) is 6. The third-order valence-electron chi connectivity index (χ3n) is 14.5. The van der Waals surface area contributed by atoms with Crippen LogP contribution in [0.4, 0.5) is 0 Å². The van der Waals surface area contributed by atoms with Crippen LogP contribution in [0.1, 0.15) is 316 Å². The maximum absolute atomic E-state index is 12.9. The van der Waals surface area contributed by atoms with E-state index in [1.54, 1.807) is 0 Å². The van der Waals surface area contributed by atoms with Crippen LogP contribution in [-0.4, -0.2) is 37.2 Å². The number of carbonyl (C=O) groups is 3. The lowest BCUT2D eigenvalue weighted by Crippen LogP contribution is -2.30. The predicted octanol–water partition coefficient (Wildman–Crippen LogP) is 23.6. The van der Waals surface area contributed by atoms with Gasteiger partial charge in [0.25, 0.3) is 0 Å². The molecule has 6 nitrogen and oxygen atoms in total. The van der Waals surface area contributed by atoms with Crippen LogP contribution in [0.2, 0.25) is 0 Å². The Balaban J connectivity index is 4.31. The highest BCUT2D eigenvalue weighted by Crippen LogP contribution is 2.16. The smallest absolute Gasteiger partial charge is 0.306 e. The molecular weight excluding hydrogens is 997 g/mol. The molecule has 0 heterocycles. The van der Waals surface area contributed by atoms with Gasteiger partial charge in [-0.25, -0.2) is 0 Å². The molecule has 0 amide bonds. The third kappa shape index (κ3) is 66.5. The van der Waals surface area contributed by atoms with Crippen molar-refractivity contribution in [3.8, 4) is 0 Å². The first-order valence-electron chi connectivity index (χ1n) is 34.0. The molecule has 0 saturated heterocycles. The number of allylic oxidation sites excluding steroid dienone is 20. The molecule has 81 heavy (non-hydrogen) atoms. The van der Waals surface area contributed by atoms with Crippen LogP contribution < -0.4 is 0 Å². The second kappa shape index (κ2) is 68.3. The minimum absolute atomic E-state index is 0.0845. The molecule has 0 N–H and O–H groups in total. The van der Waals surface area contributed by atoms with Gasteiger partial charge in [-0.3, -0.25) is 14.4 Å². The van der Waals surface area contributed by atoms with Crippen LogP contribution in [0.3, 0.4) is 0 Å². The summed E-state index contributed by atoms with van der Waals surface area (Å²) in [4.78, 5) is 38.3. The van der Waals surface area contributed by atoms with Crippen molar-refractivity contribution >= 4 is 17.9 Å². The molecule has 0 saturated carbocycles. The van der Waals surface area contributed by atoms with E-state index in [4.69, 9.17) is 14.2 Å². The summed E-state index contributed by atoms with van der Waals surface area (Å²) in [5, 5.41) is 0. The van der Waals surface area contributed by atoms with Gasteiger partial charge in [0.1, 0.15) is 13.2 Å². The highest BCUT2D eigenvalue weighted by atomic mass is 16.6. The summed E-state index contributed by atoms with van der Waals surface area (Å²) in [5.74, 6) is -0.900. The predicted molar refractivity (Wildman–Crippen MR) is 353 cm³/mol. The van der Waals surface area contributed by atoms with Crippen molar-refractivity contribution in [2.24, 2.45) is 0 Å². The van der Waals surface area contributed by atoms with Gasteiger partial charge in [0.2, 0.25) is 0 Å². The summed E-state index contributed by atoms with van der Waals surface area (Å²) < 4.78 is 16.9. The van der Waals surface area contributed by atoms with Gasteiger partial charge < -0.3 is 14.2 Å². The van der Waals surface area contributed by atoms with Gasteiger partial charge in [-0.05, 0) is 116 Å². The lowest BCUT2D eigenvalue weighted by Gasteiger charge is -2.18. The van der Waals surface area contributed by atoms with E-state index < -0.39 is 6.10 Å². The molecular formula is C75H126O6. The standard InChI is InChI=1S/C75H126O6/c1-4-7-10-13-16-19-22-25-27-29-31-32-33-34-35-36-37-38-39-40-41-42-43-44-45-47-48-50-53-56-59-62-65-68-74(77)80-71-72(70-79-73(76)67-64-61-58-55-52-24-21-18-15-12-9-6-3)81-75(78)69-66-63-60-57-54-51-49-46-30-28-26-23-20-17-14-11-8-5-2/h7,10,16,19,25,27-28,30-32,34-35,37-38,40-41,43-44,47-48,72H,4-6,8-9,11-15,17-18,20-24,26,29,33,36,39,42,45-46,49-71H2,1-3H3/b10-7-,19-16-,27-25-,30-28-,32-31-,35-34-,38-37-,41-40-,44-43-,48-47-. The second-order valence-electron chi connectivity index (χ2n) is 22.4. The number of esters is 3. The zero-order valence-electron chi connectivity index (χ0n) is 53.0. The fraction of sp³-hybridized carbons (Fsp3) is 0.693. The molecule has 0 aliphatic heterocycles. The van der Waals surface area contributed by atoms with Gasteiger partial charge in [-0.15, -0.1) is 0 Å². The van der Waals surface area contributed by atoms with E-state index >= 15 is 0 Å².